The van der Waals surface area contributed by atoms with Gasteiger partial charge < -0.3 is 4.74 Å². The van der Waals surface area contributed by atoms with E-state index >= 15 is 0 Å². The van der Waals surface area contributed by atoms with Gasteiger partial charge in [0.15, 0.2) is 5.78 Å². The highest BCUT2D eigenvalue weighted by Gasteiger charge is 2.45. The second-order valence-corrected chi connectivity index (χ2v) is 5.71. The van der Waals surface area contributed by atoms with Crippen LogP contribution in [0.25, 0.3) is 0 Å². The van der Waals surface area contributed by atoms with Crippen LogP contribution in [0.4, 0.5) is 0 Å². The van der Waals surface area contributed by atoms with E-state index in [0.717, 1.165) is 30.6 Å². The molecule has 2 unspecified atom stereocenters. The number of rotatable bonds is 3. The van der Waals surface area contributed by atoms with Crippen LogP contribution < -0.4 is 4.74 Å². The maximum absolute atomic E-state index is 12.7. The second kappa shape index (κ2) is 4.84. The number of ether oxygens (including phenoxy) is 1. The first-order valence-corrected chi connectivity index (χ1v) is 7.11. The maximum atomic E-state index is 12.7. The van der Waals surface area contributed by atoms with Gasteiger partial charge in [0, 0.05) is 11.5 Å². The van der Waals surface area contributed by atoms with Crippen LogP contribution in [-0.4, -0.2) is 12.9 Å². The number of carbonyl (C=O) groups excluding carboxylic acids is 1. The first-order chi connectivity index (χ1) is 9.25. The Hall–Kier alpha value is -1.57. The Labute approximate surface area is 114 Å². The quantitative estimate of drug-likeness (QED) is 0.603. The molecule has 1 aromatic carbocycles. The van der Waals surface area contributed by atoms with E-state index in [4.69, 9.17) is 4.74 Å². The van der Waals surface area contributed by atoms with Crippen molar-refractivity contribution >= 4 is 5.78 Å². The van der Waals surface area contributed by atoms with Gasteiger partial charge in [-0.3, -0.25) is 4.79 Å². The van der Waals surface area contributed by atoms with E-state index in [-0.39, 0.29) is 11.3 Å². The molecule has 0 N–H and O–H groups in total. The Kier molecular flexibility index (Phi) is 3.17. The first-order valence-electron chi connectivity index (χ1n) is 7.11. The van der Waals surface area contributed by atoms with Crippen LogP contribution in [0.15, 0.2) is 36.4 Å². The fraction of sp³-hybridized carbons (Fsp3) is 0.471. The Morgan fingerprint density at radius 3 is 2.68 bits per heavy atom. The molecule has 0 amide bonds. The van der Waals surface area contributed by atoms with E-state index in [1.54, 1.807) is 7.11 Å². The summed E-state index contributed by atoms with van der Waals surface area (Å²) in [7, 11) is 1.64. The van der Waals surface area contributed by atoms with Gasteiger partial charge in [-0.2, -0.15) is 0 Å². The van der Waals surface area contributed by atoms with E-state index < -0.39 is 0 Å². The number of benzene rings is 1. The van der Waals surface area contributed by atoms with Gasteiger partial charge in [0.1, 0.15) is 5.75 Å². The molecule has 0 saturated heterocycles. The standard InChI is InChI=1S/C17H20O2/c1-19-14-8-6-13(7-9-14)16(18)15-5-4-12-17(15)10-2-3-11-17/h2,6-10,15H,3-5,11-12H2,1H3. The summed E-state index contributed by atoms with van der Waals surface area (Å²) in [6, 6.07) is 7.54. The average Bonchev–Trinajstić information content (AvgIpc) is 3.09. The molecule has 3 rings (SSSR count). The summed E-state index contributed by atoms with van der Waals surface area (Å²) in [5, 5.41) is 0. The number of hydrogen-bond acceptors (Lipinski definition) is 2. The highest BCUT2D eigenvalue weighted by Crippen LogP contribution is 2.51. The molecule has 1 aromatic rings. The van der Waals surface area contributed by atoms with Crippen molar-refractivity contribution in [3.05, 3.63) is 42.0 Å². The highest BCUT2D eigenvalue weighted by molar-refractivity contribution is 5.98. The maximum Gasteiger partial charge on any atom is 0.166 e. The highest BCUT2D eigenvalue weighted by atomic mass is 16.5. The van der Waals surface area contributed by atoms with Crippen molar-refractivity contribution < 1.29 is 9.53 Å². The molecule has 1 fully saturated rings. The van der Waals surface area contributed by atoms with Gasteiger partial charge in [0.05, 0.1) is 7.11 Å². The van der Waals surface area contributed by atoms with Gasteiger partial charge in [0.2, 0.25) is 0 Å². The number of Topliss-reactive ketones (excluding diaryl/α,β-unsaturated/α-hetero) is 1. The fourth-order valence-electron chi connectivity index (χ4n) is 3.70. The van der Waals surface area contributed by atoms with Crippen molar-refractivity contribution in [3.63, 3.8) is 0 Å². The summed E-state index contributed by atoms with van der Waals surface area (Å²) >= 11 is 0. The molecule has 1 saturated carbocycles. The predicted molar refractivity (Wildman–Crippen MR) is 75.5 cm³/mol. The van der Waals surface area contributed by atoms with Crippen molar-refractivity contribution in [2.75, 3.05) is 7.11 Å². The Morgan fingerprint density at radius 1 is 1.26 bits per heavy atom. The third-order valence-corrected chi connectivity index (χ3v) is 4.75. The van der Waals surface area contributed by atoms with Crippen LogP contribution in [0, 0.1) is 11.3 Å². The normalized spacial score (nSPS) is 29.0. The zero-order chi connectivity index (χ0) is 13.3. The molecule has 19 heavy (non-hydrogen) atoms. The van der Waals surface area contributed by atoms with Crippen molar-refractivity contribution in [1.29, 1.82) is 0 Å². The topological polar surface area (TPSA) is 26.3 Å². The Balaban J connectivity index is 1.84. The van der Waals surface area contributed by atoms with E-state index in [9.17, 15) is 4.79 Å². The van der Waals surface area contributed by atoms with E-state index in [1.165, 1.54) is 12.8 Å². The molecule has 0 radical (unpaired) electrons. The summed E-state index contributed by atoms with van der Waals surface area (Å²) in [5.74, 6) is 1.30. The van der Waals surface area contributed by atoms with Crippen LogP contribution >= 0.6 is 0 Å². The van der Waals surface area contributed by atoms with Gasteiger partial charge in [-0.25, -0.2) is 0 Å². The van der Waals surface area contributed by atoms with Crippen LogP contribution in [-0.2, 0) is 0 Å². The van der Waals surface area contributed by atoms with Gasteiger partial charge in [0.25, 0.3) is 0 Å². The third kappa shape index (κ3) is 2.09. The second-order valence-electron chi connectivity index (χ2n) is 5.71. The minimum atomic E-state index is 0.164. The summed E-state index contributed by atoms with van der Waals surface area (Å²) in [5.41, 5.74) is 0.990. The van der Waals surface area contributed by atoms with E-state index in [1.807, 2.05) is 24.3 Å². The molecule has 2 heteroatoms. The SMILES string of the molecule is COc1ccc(C(=O)C2CCCC23C=CCC3)cc1. The summed E-state index contributed by atoms with van der Waals surface area (Å²) in [4.78, 5) is 12.7. The molecule has 100 valence electrons. The predicted octanol–water partition coefficient (Wildman–Crippen LogP) is 4.01. The van der Waals surface area contributed by atoms with Crippen LogP contribution in [0.2, 0.25) is 0 Å². The lowest BCUT2D eigenvalue weighted by Gasteiger charge is -2.28. The molecule has 2 aliphatic rings. The molecular formula is C17H20O2. The summed E-state index contributed by atoms with van der Waals surface area (Å²) in [6.45, 7) is 0. The Bertz CT molecular complexity index is 500. The van der Waals surface area contributed by atoms with E-state index in [2.05, 4.69) is 12.2 Å². The lowest BCUT2D eigenvalue weighted by Crippen LogP contribution is -2.28. The van der Waals surface area contributed by atoms with Crippen molar-refractivity contribution in [1.82, 2.24) is 0 Å². The van der Waals surface area contributed by atoms with Crippen LogP contribution in [0.5, 0.6) is 5.75 Å². The summed E-state index contributed by atoms with van der Waals surface area (Å²) in [6.07, 6.45) is 10.2. The lowest BCUT2D eigenvalue weighted by molar-refractivity contribution is 0.0847. The Morgan fingerprint density at radius 2 is 2.05 bits per heavy atom. The smallest absolute Gasteiger partial charge is 0.166 e. The number of ketones is 1. The number of methoxy groups -OCH3 is 1. The zero-order valence-electron chi connectivity index (χ0n) is 11.4. The van der Waals surface area contributed by atoms with Gasteiger partial charge in [-0.1, -0.05) is 18.6 Å². The average molecular weight is 256 g/mol. The fourth-order valence-corrected chi connectivity index (χ4v) is 3.70. The molecule has 0 bridgehead atoms. The molecule has 0 aromatic heterocycles. The molecule has 2 nitrogen and oxygen atoms in total. The molecule has 0 heterocycles. The van der Waals surface area contributed by atoms with Crippen LogP contribution in [0.3, 0.4) is 0 Å². The molecule has 2 atom stereocenters. The van der Waals surface area contributed by atoms with Crippen molar-refractivity contribution in [2.24, 2.45) is 11.3 Å². The minimum absolute atomic E-state index is 0.164. The molecule has 2 aliphatic carbocycles. The first kappa shape index (κ1) is 12.5. The molecule has 1 spiro atoms. The summed E-state index contributed by atoms with van der Waals surface area (Å²) < 4.78 is 5.15. The third-order valence-electron chi connectivity index (χ3n) is 4.75. The van der Waals surface area contributed by atoms with Gasteiger partial charge in [-0.15, -0.1) is 0 Å². The van der Waals surface area contributed by atoms with Crippen molar-refractivity contribution in [3.8, 4) is 5.75 Å². The monoisotopic (exact) mass is 256 g/mol. The van der Waals surface area contributed by atoms with Crippen molar-refractivity contribution in [2.45, 2.75) is 32.1 Å². The minimum Gasteiger partial charge on any atom is -0.497 e. The van der Waals surface area contributed by atoms with E-state index in [0.29, 0.717) is 5.78 Å². The lowest BCUT2D eigenvalue weighted by atomic mass is 9.74. The number of allylic oxidation sites excluding steroid dienone is 2. The van der Waals surface area contributed by atoms with Crippen LogP contribution in [0.1, 0.15) is 42.5 Å². The molecular weight excluding hydrogens is 236 g/mol. The van der Waals surface area contributed by atoms with Gasteiger partial charge in [-0.05, 0) is 55.4 Å². The number of hydrogen-bond donors (Lipinski definition) is 0. The molecule has 0 aliphatic heterocycles. The largest absolute Gasteiger partial charge is 0.497 e. The zero-order valence-corrected chi connectivity index (χ0v) is 11.4. The van der Waals surface area contributed by atoms with Gasteiger partial charge >= 0.3 is 0 Å². The number of carbonyl (C=O) groups is 1.